The van der Waals surface area contributed by atoms with Crippen LogP contribution in [0.3, 0.4) is 0 Å². The van der Waals surface area contributed by atoms with Crippen molar-refractivity contribution < 1.29 is 36.9 Å². The number of aromatic hydroxyl groups is 1. The van der Waals surface area contributed by atoms with Gasteiger partial charge in [0.1, 0.15) is 5.75 Å². The molecule has 4 nitrogen and oxygen atoms in total. The van der Waals surface area contributed by atoms with Crippen LogP contribution in [0, 0.1) is 29.2 Å². The van der Waals surface area contributed by atoms with E-state index in [0.29, 0.717) is 37.9 Å². The number of phenolic OH excluding ortho intramolecular Hbond substituents is 1. The second-order valence-corrected chi connectivity index (χ2v) is 8.83. The Balaban J connectivity index is 1.40. The number of benzene rings is 3. The average Bonchev–Trinajstić information content (AvgIpc) is 2.88. The van der Waals surface area contributed by atoms with E-state index in [-0.39, 0.29) is 35.0 Å². The molecule has 36 heavy (non-hydrogen) atoms. The average molecular weight is 503 g/mol. The van der Waals surface area contributed by atoms with Gasteiger partial charge >= 0.3 is 5.97 Å². The molecule has 1 fully saturated rings. The van der Waals surface area contributed by atoms with Crippen molar-refractivity contribution in [3.63, 3.8) is 0 Å². The number of hydrogen-bond donors (Lipinski definition) is 1. The highest BCUT2D eigenvalue weighted by atomic mass is 19.2. The van der Waals surface area contributed by atoms with E-state index >= 15 is 0 Å². The zero-order valence-electron chi connectivity index (χ0n) is 19.7. The predicted molar refractivity (Wildman–Crippen MR) is 125 cm³/mol. The molecule has 0 atom stereocenters. The van der Waals surface area contributed by atoms with E-state index in [1.54, 1.807) is 13.0 Å². The summed E-state index contributed by atoms with van der Waals surface area (Å²) in [4.78, 5) is 12.6. The minimum Gasteiger partial charge on any atom is -0.508 e. The van der Waals surface area contributed by atoms with Crippen molar-refractivity contribution in [2.45, 2.75) is 45.1 Å². The van der Waals surface area contributed by atoms with Crippen molar-refractivity contribution in [2.24, 2.45) is 5.92 Å². The molecular formula is C28H26F4O4. The molecule has 190 valence electrons. The summed E-state index contributed by atoms with van der Waals surface area (Å²) in [6.45, 7) is 2.15. The van der Waals surface area contributed by atoms with Crippen LogP contribution < -0.4 is 4.74 Å². The highest BCUT2D eigenvalue weighted by molar-refractivity contribution is 5.76. The van der Waals surface area contributed by atoms with E-state index in [1.807, 2.05) is 0 Å². The normalized spacial score (nSPS) is 17.7. The molecule has 0 aliphatic heterocycles. The first-order chi connectivity index (χ1) is 17.3. The standard InChI is InChI=1S/C28H26F4O4/c1-2-35-15-19-9-12-21(25(30)24(19)29)16-3-5-18(6-4-16)28(34)36-23-14-13-22(26(31)27(23)32)17-7-10-20(33)11-8-17/h7-14,16,18,33H,2-6,15H2,1H3. The van der Waals surface area contributed by atoms with E-state index in [2.05, 4.69) is 0 Å². The molecule has 0 spiro atoms. The molecule has 3 aromatic rings. The first-order valence-electron chi connectivity index (χ1n) is 11.8. The number of phenols is 1. The molecule has 1 aliphatic carbocycles. The number of hydrogen-bond acceptors (Lipinski definition) is 4. The Morgan fingerprint density at radius 1 is 0.861 bits per heavy atom. The van der Waals surface area contributed by atoms with Crippen molar-refractivity contribution >= 4 is 5.97 Å². The molecule has 0 aromatic heterocycles. The first kappa shape index (κ1) is 25.7. The summed E-state index contributed by atoms with van der Waals surface area (Å²) >= 11 is 0. The van der Waals surface area contributed by atoms with E-state index in [4.69, 9.17) is 9.47 Å². The third-order valence-corrected chi connectivity index (χ3v) is 6.59. The van der Waals surface area contributed by atoms with Gasteiger partial charge in [-0.2, -0.15) is 4.39 Å². The van der Waals surface area contributed by atoms with Crippen LogP contribution in [0.5, 0.6) is 11.5 Å². The maximum absolute atomic E-state index is 14.7. The molecule has 0 bridgehead atoms. The van der Waals surface area contributed by atoms with Gasteiger partial charge in [-0.05, 0) is 73.9 Å². The van der Waals surface area contributed by atoms with Gasteiger partial charge in [0.2, 0.25) is 5.82 Å². The Bertz CT molecular complexity index is 1240. The summed E-state index contributed by atoms with van der Waals surface area (Å²) in [6.07, 6.45) is 1.55. The molecule has 1 N–H and O–H groups in total. The molecule has 0 heterocycles. The van der Waals surface area contributed by atoms with Crippen LogP contribution in [-0.2, 0) is 16.1 Å². The number of halogens is 4. The third-order valence-electron chi connectivity index (χ3n) is 6.59. The van der Waals surface area contributed by atoms with E-state index in [0.717, 1.165) is 0 Å². The van der Waals surface area contributed by atoms with Gasteiger partial charge < -0.3 is 14.6 Å². The van der Waals surface area contributed by atoms with E-state index < -0.39 is 40.9 Å². The molecule has 3 aromatic carbocycles. The molecule has 4 rings (SSSR count). The molecule has 1 aliphatic rings. The van der Waals surface area contributed by atoms with E-state index in [9.17, 15) is 27.5 Å². The maximum Gasteiger partial charge on any atom is 0.314 e. The van der Waals surface area contributed by atoms with Crippen LogP contribution in [0.15, 0.2) is 48.5 Å². The van der Waals surface area contributed by atoms with Crippen molar-refractivity contribution in [1.29, 1.82) is 0 Å². The van der Waals surface area contributed by atoms with Crippen LogP contribution in [0.1, 0.15) is 49.7 Å². The molecule has 0 amide bonds. The fourth-order valence-electron chi connectivity index (χ4n) is 4.55. The summed E-state index contributed by atoms with van der Waals surface area (Å²) in [5.41, 5.74) is 0.739. The molecular weight excluding hydrogens is 476 g/mol. The second-order valence-electron chi connectivity index (χ2n) is 8.83. The largest absolute Gasteiger partial charge is 0.508 e. The minimum atomic E-state index is -1.28. The first-order valence-corrected chi connectivity index (χ1v) is 11.8. The smallest absolute Gasteiger partial charge is 0.314 e. The van der Waals surface area contributed by atoms with Gasteiger partial charge in [0.25, 0.3) is 0 Å². The number of carbonyl (C=O) groups excluding carboxylic acids is 1. The van der Waals surface area contributed by atoms with Crippen LogP contribution in [0.25, 0.3) is 11.1 Å². The summed E-state index contributed by atoms with van der Waals surface area (Å²) in [7, 11) is 0. The van der Waals surface area contributed by atoms with Crippen molar-refractivity contribution in [1.82, 2.24) is 0 Å². The van der Waals surface area contributed by atoms with Gasteiger partial charge in [0.05, 0.1) is 12.5 Å². The number of ether oxygens (including phenoxy) is 2. The lowest BCUT2D eigenvalue weighted by atomic mass is 9.78. The zero-order chi connectivity index (χ0) is 25.8. The predicted octanol–water partition coefficient (Wildman–Crippen LogP) is 7.03. The molecule has 0 unspecified atom stereocenters. The van der Waals surface area contributed by atoms with Gasteiger partial charge in [-0.25, -0.2) is 13.2 Å². The fourth-order valence-corrected chi connectivity index (χ4v) is 4.55. The lowest BCUT2D eigenvalue weighted by Crippen LogP contribution is -2.26. The van der Waals surface area contributed by atoms with Crippen LogP contribution in [-0.4, -0.2) is 17.7 Å². The van der Waals surface area contributed by atoms with Crippen molar-refractivity contribution in [2.75, 3.05) is 6.61 Å². The number of rotatable bonds is 7. The Kier molecular flexibility index (Phi) is 7.94. The Hall–Kier alpha value is -3.39. The molecule has 8 heteroatoms. The second kappa shape index (κ2) is 11.1. The lowest BCUT2D eigenvalue weighted by Gasteiger charge is -2.28. The summed E-state index contributed by atoms with van der Waals surface area (Å²) in [5, 5.41) is 9.38. The summed E-state index contributed by atoms with van der Waals surface area (Å²) in [6, 6.07) is 11.2. The molecule has 1 saturated carbocycles. The van der Waals surface area contributed by atoms with Gasteiger partial charge in [-0.15, -0.1) is 0 Å². The number of esters is 1. The lowest BCUT2D eigenvalue weighted by molar-refractivity contribution is -0.140. The zero-order valence-corrected chi connectivity index (χ0v) is 19.7. The van der Waals surface area contributed by atoms with Gasteiger partial charge in [-0.3, -0.25) is 4.79 Å². The SMILES string of the molecule is CCOCc1ccc(C2CCC(C(=O)Oc3ccc(-c4ccc(O)cc4)c(F)c3F)CC2)c(F)c1F. The molecule has 0 radical (unpaired) electrons. The van der Waals surface area contributed by atoms with E-state index in [1.165, 1.54) is 42.5 Å². The van der Waals surface area contributed by atoms with Gasteiger partial charge in [0.15, 0.2) is 23.2 Å². The highest BCUT2D eigenvalue weighted by Gasteiger charge is 2.31. The maximum atomic E-state index is 14.7. The van der Waals surface area contributed by atoms with Gasteiger partial charge in [-0.1, -0.05) is 24.3 Å². The summed E-state index contributed by atoms with van der Waals surface area (Å²) in [5.74, 6) is -6.31. The van der Waals surface area contributed by atoms with Crippen LogP contribution >= 0.6 is 0 Å². The minimum absolute atomic E-state index is 0.00800. The highest BCUT2D eigenvalue weighted by Crippen LogP contribution is 2.39. The Morgan fingerprint density at radius 3 is 2.22 bits per heavy atom. The summed E-state index contributed by atoms with van der Waals surface area (Å²) < 4.78 is 68.7. The Morgan fingerprint density at radius 2 is 1.56 bits per heavy atom. The monoisotopic (exact) mass is 502 g/mol. The van der Waals surface area contributed by atoms with Crippen molar-refractivity contribution in [3.8, 4) is 22.6 Å². The quantitative estimate of drug-likeness (QED) is 0.214. The molecule has 0 saturated heterocycles. The van der Waals surface area contributed by atoms with Crippen LogP contribution in [0.2, 0.25) is 0 Å². The van der Waals surface area contributed by atoms with Crippen LogP contribution in [0.4, 0.5) is 17.6 Å². The van der Waals surface area contributed by atoms with Crippen molar-refractivity contribution in [3.05, 3.63) is 82.9 Å². The van der Waals surface area contributed by atoms with Gasteiger partial charge in [0, 0.05) is 17.7 Å². The fraction of sp³-hybridized carbons (Fsp3) is 0.321. The number of carbonyl (C=O) groups is 1. The Labute approximate surface area is 206 Å². The third kappa shape index (κ3) is 5.38. The topological polar surface area (TPSA) is 55.8 Å².